The zero-order chi connectivity index (χ0) is 32.8. The Balaban J connectivity index is 1.89. The number of nitrogens with zero attached hydrogens (tertiary/aromatic N) is 1. The van der Waals surface area contributed by atoms with E-state index in [1.807, 2.05) is 44.2 Å². The average molecular weight is 622 g/mol. The van der Waals surface area contributed by atoms with Crippen molar-refractivity contribution in [2.45, 2.75) is 52.3 Å². The zero-order valence-corrected chi connectivity index (χ0v) is 26.5. The summed E-state index contributed by atoms with van der Waals surface area (Å²) < 4.78 is 28.1. The van der Waals surface area contributed by atoms with Gasteiger partial charge in [0.1, 0.15) is 35.6 Å². The molecule has 0 aromatic heterocycles. The van der Waals surface area contributed by atoms with Crippen molar-refractivity contribution in [3.8, 4) is 23.0 Å². The summed E-state index contributed by atoms with van der Waals surface area (Å²) in [6.07, 6.45) is 0.854. The summed E-state index contributed by atoms with van der Waals surface area (Å²) in [6, 6.07) is 18.9. The Hall–Kier alpha value is -4.93. The van der Waals surface area contributed by atoms with Gasteiger partial charge in [-0.1, -0.05) is 44.2 Å². The number of carbonyl (C=O) groups excluding carboxylic acids is 3. The first kappa shape index (κ1) is 34.6. The van der Waals surface area contributed by atoms with Gasteiger partial charge in [0, 0.05) is 24.2 Å². The molecule has 3 aromatic rings. The molecular weight excluding hydrogens is 578 g/mol. The minimum absolute atomic E-state index is 0.0559. The SMILES string of the molecule is COc1ccc(N(Cc2c(OC)cc(OCCCCC(N)=O)cc2OC)C(=O)[C@@H](NC(=O)OCc2ccccc2)C(C)C)cc1. The van der Waals surface area contributed by atoms with Gasteiger partial charge in [-0.05, 0) is 48.6 Å². The van der Waals surface area contributed by atoms with E-state index in [1.54, 1.807) is 48.4 Å². The number of nitrogens with two attached hydrogens (primary N) is 1. The minimum atomic E-state index is -0.907. The van der Waals surface area contributed by atoms with Gasteiger partial charge in [-0.3, -0.25) is 9.59 Å². The van der Waals surface area contributed by atoms with Gasteiger partial charge in [0.25, 0.3) is 0 Å². The Bertz CT molecular complexity index is 1370. The summed E-state index contributed by atoms with van der Waals surface area (Å²) in [6.45, 7) is 4.20. The molecule has 242 valence electrons. The molecule has 0 saturated heterocycles. The van der Waals surface area contributed by atoms with E-state index in [-0.39, 0.29) is 30.9 Å². The fourth-order valence-corrected chi connectivity index (χ4v) is 4.58. The Morgan fingerprint density at radius 2 is 1.49 bits per heavy atom. The largest absolute Gasteiger partial charge is 0.497 e. The third kappa shape index (κ3) is 10.3. The van der Waals surface area contributed by atoms with E-state index >= 15 is 0 Å². The predicted octanol–water partition coefficient (Wildman–Crippen LogP) is 5.23. The number of amides is 3. The molecule has 0 aliphatic heterocycles. The van der Waals surface area contributed by atoms with Crippen molar-refractivity contribution >= 4 is 23.6 Å². The Kier molecular flexibility index (Phi) is 13.4. The number of rotatable bonds is 17. The van der Waals surface area contributed by atoms with E-state index in [0.29, 0.717) is 60.1 Å². The van der Waals surface area contributed by atoms with Gasteiger partial charge in [0.2, 0.25) is 11.8 Å². The standard InChI is InChI=1S/C34H43N3O8/c1-23(2)32(36-34(40)45-22-24-11-7-6-8-12-24)33(39)37(25-14-16-26(41-3)17-15-25)21-28-29(42-4)19-27(20-30(28)43-5)44-18-10-9-13-31(35)38/h6-8,11-12,14-17,19-20,23,32H,9-10,13,18,21-22H2,1-5H3,(H2,35,38)(H,36,40)/t32-/m0/s1. The third-order valence-corrected chi connectivity index (χ3v) is 7.05. The monoisotopic (exact) mass is 621 g/mol. The maximum absolute atomic E-state index is 14.3. The summed E-state index contributed by atoms with van der Waals surface area (Å²) in [5.74, 6) is 1.06. The van der Waals surface area contributed by atoms with Crippen molar-refractivity contribution in [2.24, 2.45) is 11.7 Å². The van der Waals surface area contributed by atoms with E-state index in [9.17, 15) is 14.4 Å². The summed E-state index contributed by atoms with van der Waals surface area (Å²) >= 11 is 0. The highest BCUT2D eigenvalue weighted by atomic mass is 16.5. The van der Waals surface area contributed by atoms with Crippen LogP contribution in [0.1, 0.15) is 44.2 Å². The number of primary amides is 1. The van der Waals surface area contributed by atoms with Gasteiger partial charge >= 0.3 is 6.09 Å². The number of anilines is 1. The van der Waals surface area contributed by atoms with Crippen LogP contribution in [-0.2, 0) is 27.5 Å². The first-order valence-corrected chi connectivity index (χ1v) is 14.8. The molecule has 3 amide bonds. The Morgan fingerprint density at radius 1 is 0.844 bits per heavy atom. The Labute approximate surface area is 264 Å². The van der Waals surface area contributed by atoms with Gasteiger partial charge in [0.15, 0.2) is 0 Å². The van der Waals surface area contributed by atoms with Gasteiger partial charge in [-0.15, -0.1) is 0 Å². The quantitative estimate of drug-likeness (QED) is 0.195. The first-order valence-electron chi connectivity index (χ1n) is 14.8. The smallest absolute Gasteiger partial charge is 0.408 e. The van der Waals surface area contributed by atoms with Gasteiger partial charge in [-0.25, -0.2) is 4.79 Å². The van der Waals surface area contributed by atoms with Gasteiger partial charge in [0.05, 0.1) is 40.0 Å². The predicted molar refractivity (Wildman–Crippen MR) is 171 cm³/mol. The molecule has 3 aromatic carbocycles. The lowest BCUT2D eigenvalue weighted by Gasteiger charge is -2.31. The number of nitrogens with one attached hydrogen (secondary N) is 1. The second kappa shape index (κ2) is 17.4. The normalized spacial score (nSPS) is 11.3. The lowest BCUT2D eigenvalue weighted by atomic mass is 10.0. The van der Waals surface area contributed by atoms with Crippen molar-refractivity contribution < 1.29 is 38.1 Å². The first-order chi connectivity index (χ1) is 21.7. The molecule has 45 heavy (non-hydrogen) atoms. The maximum atomic E-state index is 14.3. The molecule has 0 aliphatic rings. The molecule has 0 radical (unpaired) electrons. The highest BCUT2D eigenvalue weighted by Gasteiger charge is 2.32. The van der Waals surface area contributed by atoms with E-state index < -0.39 is 12.1 Å². The van der Waals surface area contributed by atoms with Crippen molar-refractivity contribution in [3.63, 3.8) is 0 Å². The van der Waals surface area contributed by atoms with Crippen LogP contribution >= 0.6 is 0 Å². The molecule has 3 rings (SSSR count). The summed E-state index contributed by atoms with van der Waals surface area (Å²) in [5.41, 5.74) is 7.22. The molecule has 0 unspecified atom stereocenters. The number of carbonyl (C=O) groups is 3. The molecule has 0 spiro atoms. The van der Waals surface area contributed by atoms with Crippen LogP contribution in [0.15, 0.2) is 66.7 Å². The number of alkyl carbamates (subject to hydrolysis) is 1. The molecule has 1 atom stereocenters. The number of hydrogen-bond donors (Lipinski definition) is 2. The number of unbranched alkanes of at least 4 members (excludes halogenated alkanes) is 1. The van der Waals surface area contributed by atoms with Crippen LogP contribution in [0, 0.1) is 5.92 Å². The van der Waals surface area contributed by atoms with Crippen LogP contribution in [0.4, 0.5) is 10.5 Å². The van der Waals surface area contributed by atoms with Crippen molar-refractivity contribution in [1.29, 1.82) is 0 Å². The topological polar surface area (TPSA) is 139 Å². The number of methoxy groups -OCH3 is 3. The fraction of sp³-hybridized carbons (Fsp3) is 0.382. The Morgan fingerprint density at radius 3 is 2.04 bits per heavy atom. The second-order valence-corrected chi connectivity index (χ2v) is 10.6. The zero-order valence-electron chi connectivity index (χ0n) is 26.5. The lowest BCUT2D eigenvalue weighted by molar-refractivity contribution is -0.121. The lowest BCUT2D eigenvalue weighted by Crippen LogP contribution is -2.51. The van der Waals surface area contributed by atoms with Crippen molar-refractivity contribution in [2.75, 3.05) is 32.8 Å². The van der Waals surface area contributed by atoms with Gasteiger partial charge in [-0.2, -0.15) is 0 Å². The van der Waals surface area contributed by atoms with E-state index in [0.717, 1.165) is 5.56 Å². The maximum Gasteiger partial charge on any atom is 0.408 e. The molecule has 11 nitrogen and oxygen atoms in total. The summed E-state index contributed by atoms with van der Waals surface area (Å²) in [5, 5.41) is 2.76. The van der Waals surface area contributed by atoms with E-state index in [2.05, 4.69) is 5.32 Å². The highest BCUT2D eigenvalue weighted by Crippen LogP contribution is 2.37. The van der Waals surface area contributed by atoms with E-state index in [1.165, 1.54) is 14.2 Å². The molecule has 3 N–H and O–H groups in total. The number of ether oxygens (including phenoxy) is 5. The molecule has 0 fully saturated rings. The fourth-order valence-electron chi connectivity index (χ4n) is 4.58. The average Bonchev–Trinajstić information content (AvgIpc) is 3.04. The molecule has 11 heteroatoms. The second-order valence-electron chi connectivity index (χ2n) is 10.6. The van der Waals surface area contributed by atoms with Crippen LogP contribution < -0.4 is 34.9 Å². The molecule has 0 saturated carbocycles. The molecule has 0 bridgehead atoms. The minimum Gasteiger partial charge on any atom is -0.497 e. The molecular formula is C34H43N3O8. The van der Waals surface area contributed by atoms with Crippen LogP contribution in [0.25, 0.3) is 0 Å². The van der Waals surface area contributed by atoms with Crippen LogP contribution in [0.3, 0.4) is 0 Å². The third-order valence-electron chi connectivity index (χ3n) is 7.05. The van der Waals surface area contributed by atoms with Crippen molar-refractivity contribution in [3.05, 3.63) is 77.9 Å². The van der Waals surface area contributed by atoms with Crippen LogP contribution in [0.5, 0.6) is 23.0 Å². The van der Waals surface area contributed by atoms with Crippen LogP contribution in [0.2, 0.25) is 0 Å². The molecule has 0 heterocycles. The highest BCUT2D eigenvalue weighted by molar-refractivity contribution is 5.99. The molecule has 0 aliphatic carbocycles. The van der Waals surface area contributed by atoms with Gasteiger partial charge < -0.3 is 39.6 Å². The van der Waals surface area contributed by atoms with Crippen LogP contribution in [-0.4, -0.2) is 51.9 Å². The van der Waals surface area contributed by atoms with Crippen molar-refractivity contribution in [1.82, 2.24) is 5.32 Å². The summed E-state index contributed by atoms with van der Waals surface area (Å²) in [4.78, 5) is 39.7. The number of hydrogen-bond acceptors (Lipinski definition) is 8. The van der Waals surface area contributed by atoms with E-state index in [4.69, 9.17) is 29.4 Å². The summed E-state index contributed by atoms with van der Waals surface area (Å²) in [7, 11) is 4.61. The number of benzene rings is 3.